The standard InChI is InChI=1S/C21H24N2O5/c1-22(13-19(24)23-11-9-14(10-12-23)21(26)27)20(25)17-7-8-18(28-2)16-6-4-3-5-15(16)17/h3-8,14H,9-13H2,1-2H3,(H,26,27). The van der Waals surface area contributed by atoms with Crippen LogP contribution < -0.4 is 4.74 Å². The van der Waals surface area contributed by atoms with Crippen molar-refractivity contribution < 1.29 is 24.2 Å². The SMILES string of the molecule is COc1ccc(C(=O)N(C)CC(=O)N2CCC(C(=O)O)CC2)c2ccccc12. The fourth-order valence-electron chi connectivity index (χ4n) is 3.59. The van der Waals surface area contributed by atoms with Crippen molar-refractivity contribution in [1.29, 1.82) is 0 Å². The third-order valence-electron chi connectivity index (χ3n) is 5.25. The van der Waals surface area contributed by atoms with E-state index >= 15 is 0 Å². The summed E-state index contributed by atoms with van der Waals surface area (Å²) in [5, 5.41) is 10.7. The van der Waals surface area contributed by atoms with E-state index in [1.54, 1.807) is 31.2 Å². The van der Waals surface area contributed by atoms with Crippen LogP contribution in [0.5, 0.6) is 5.75 Å². The van der Waals surface area contributed by atoms with Crippen molar-refractivity contribution in [2.24, 2.45) is 5.92 Å². The highest BCUT2D eigenvalue weighted by molar-refractivity contribution is 6.09. The van der Waals surface area contributed by atoms with Gasteiger partial charge < -0.3 is 19.6 Å². The number of hydrogen-bond donors (Lipinski definition) is 1. The molecule has 7 nitrogen and oxygen atoms in total. The van der Waals surface area contributed by atoms with E-state index in [1.807, 2.05) is 24.3 Å². The second kappa shape index (κ2) is 8.29. The van der Waals surface area contributed by atoms with E-state index < -0.39 is 11.9 Å². The van der Waals surface area contributed by atoms with Crippen LogP contribution in [0.2, 0.25) is 0 Å². The Hall–Kier alpha value is -3.09. The highest BCUT2D eigenvalue weighted by atomic mass is 16.5. The number of carboxylic acid groups (broad SMARTS) is 1. The molecule has 1 heterocycles. The molecule has 1 aliphatic heterocycles. The first-order valence-corrected chi connectivity index (χ1v) is 9.24. The zero-order valence-corrected chi connectivity index (χ0v) is 16.1. The lowest BCUT2D eigenvalue weighted by atomic mass is 9.97. The summed E-state index contributed by atoms with van der Waals surface area (Å²) < 4.78 is 5.36. The molecule has 2 amide bonds. The van der Waals surface area contributed by atoms with Crippen LogP contribution in [-0.4, -0.2) is 66.5 Å². The molecule has 0 saturated carbocycles. The Morgan fingerprint density at radius 3 is 2.36 bits per heavy atom. The van der Waals surface area contributed by atoms with E-state index in [1.165, 1.54) is 4.90 Å². The first-order chi connectivity index (χ1) is 13.4. The molecule has 1 fully saturated rings. The van der Waals surface area contributed by atoms with E-state index in [0.717, 1.165) is 10.8 Å². The summed E-state index contributed by atoms with van der Waals surface area (Å²) in [5.41, 5.74) is 0.510. The number of carbonyl (C=O) groups excluding carboxylic acids is 2. The zero-order chi connectivity index (χ0) is 20.3. The molecule has 28 heavy (non-hydrogen) atoms. The molecule has 0 aromatic heterocycles. The van der Waals surface area contributed by atoms with Gasteiger partial charge in [0, 0.05) is 31.1 Å². The molecule has 2 aromatic carbocycles. The molecule has 1 N–H and O–H groups in total. The molecule has 1 saturated heterocycles. The topological polar surface area (TPSA) is 87.2 Å². The van der Waals surface area contributed by atoms with Crippen LogP contribution in [0.4, 0.5) is 0 Å². The minimum Gasteiger partial charge on any atom is -0.496 e. The summed E-state index contributed by atoms with van der Waals surface area (Å²) in [7, 11) is 3.19. The van der Waals surface area contributed by atoms with E-state index in [0.29, 0.717) is 37.2 Å². The van der Waals surface area contributed by atoms with Gasteiger partial charge in [0.15, 0.2) is 0 Å². The summed E-state index contributed by atoms with van der Waals surface area (Å²) in [5.74, 6) is -0.933. The van der Waals surface area contributed by atoms with Crippen molar-refractivity contribution in [3.05, 3.63) is 42.0 Å². The highest BCUT2D eigenvalue weighted by Gasteiger charge is 2.28. The lowest BCUT2D eigenvalue weighted by Gasteiger charge is -2.31. The summed E-state index contributed by atoms with van der Waals surface area (Å²) >= 11 is 0. The zero-order valence-electron chi connectivity index (χ0n) is 16.1. The molecule has 0 unspecified atom stereocenters. The monoisotopic (exact) mass is 384 g/mol. The van der Waals surface area contributed by atoms with Crippen molar-refractivity contribution in [3.63, 3.8) is 0 Å². The third-order valence-corrected chi connectivity index (χ3v) is 5.25. The van der Waals surface area contributed by atoms with Crippen LogP contribution >= 0.6 is 0 Å². The Kier molecular flexibility index (Phi) is 5.82. The van der Waals surface area contributed by atoms with Gasteiger partial charge in [0.25, 0.3) is 5.91 Å². The smallest absolute Gasteiger partial charge is 0.306 e. The summed E-state index contributed by atoms with van der Waals surface area (Å²) in [4.78, 5) is 39.6. The number of aliphatic carboxylic acids is 1. The summed E-state index contributed by atoms with van der Waals surface area (Å²) in [6, 6.07) is 11.0. The Morgan fingerprint density at radius 2 is 1.75 bits per heavy atom. The lowest BCUT2D eigenvalue weighted by Crippen LogP contribution is -2.45. The van der Waals surface area contributed by atoms with Crippen molar-refractivity contribution in [2.45, 2.75) is 12.8 Å². The van der Waals surface area contributed by atoms with E-state index in [2.05, 4.69) is 0 Å². The number of carbonyl (C=O) groups is 3. The number of carboxylic acids is 1. The maximum atomic E-state index is 13.0. The first kappa shape index (κ1) is 19.7. The molecule has 0 bridgehead atoms. The maximum Gasteiger partial charge on any atom is 0.306 e. The van der Waals surface area contributed by atoms with E-state index in [4.69, 9.17) is 9.84 Å². The predicted octanol–water partition coefficient (Wildman–Crippen LogP) is 2.24. The van der Waals surface area contributed by atoms with Crippen LogP contribution in [0.1, 0.15) is 23.2 Å². The molecule has 0 radical (unpaired) electrons. The van der Waals surface area contributed by atoms with Gasteiger partial charge >= 0.3 is 5.97 Å². The van der Waals surface area contributed by atoms with Crippen LogP contribution in [0.3, 0.4) is 0 Å². The number of piperidine rings is 1. The molecule has 0 aliphatic carbocycles. The number of likely N-dealkylation sites (tertiary alicyclic amines) is 1. The van der Waals surface area contributed by atoms with Gasteiger partial charge in [-0.3, -0.25) is 14.4 Å². The molecule has 1 aliphatic rings. The van der Waals surface area contributed by atoms with Gasteiger partial charge in [-0.15, -0.1) is 0 Å². The quantitative estimate of drug-likeness (QED) is 0.854. The van der Waals surface area contributed by atoms with Crippen LogP contribution in [-0.2, 0) is 9.59 Å². The lowest BCUT2D eigenvalue weighted by molar-refractivity contribution is -0.145. The maximum absolute atomic E-state index is 13.0. The molecule has 148 valence electrons. The molecule has 2 aromatic rings. The molecule has 0 atom stereocenters. The molecule has 0 spiro atoms. The van der Waals surface area contributed by atoms with Crippen LogP contribution in [0, 0.1) is 5.92 Å². The second-order valence-corrected chi connectivity index (χ2v) is 7.02. The average Bonchev–Trinajstić information content (AvgIpc) is 2.72. The number of likely N-dealkylation sites (N-methyl/N-ethyl adjacent to an activating group) is 1. The van der Waals surface area contributed by atoms with Crippen molar-refractivity contribution in [3.8, 4) is 5.75 Å². The highest BCUT2D eigenvalue weighted by Crippen LogP contribution is 2.29. The van der Waals surface area contributed by atoms with Crippen LogP contribution in [0.15, 0.2) is 36.4 Å². The van der Waals surface area contributed by atoms with Gasteiger partial charge in [-0.05, 0) is 30.4 Å². The minimum absolute atomic E-state index is 0.0447. The Labute approximate surface area is 163 Å². The van der Waals surface area contributed by atoms with Crippen molar-refractivity contribution in [2.75, 3.05) is 33.8 Å². The number of rotatable bonds is 5. The Balaban J connectivity index is 1.71. The van der Waals surface area contributed by atoms with Gasteiger partial charge in [0.2, 0.25) is 5.91 Å². The number of hydrogen-bond acceptors (Lipinski definition) is 4. The normalized spacial score (nSPS) is 14.7. The molecular formula is C21H24N2O5. The third kappa shape index (κ3) is 3.93. The van der Waals surface area contributed by atoms with E-state index in [-0.39, 0.29) is 18.4 Å². The fraction of sp³-hybridized carbons (Fsp3) is 0.381. The van der Waals surface area contributed by atoms with Gasteiger partial charge in [-0.2, -0.15) is 0 Å². The van der Waals surface area contributed by atoms with Gasteiger partial charge in [0.05, 0.1) is 19.6 Å². The van der Waals surface area contributed by atoms with Gasteiger partial charge in [0.1, 0.15) is 5.75 Å². The average molecular weight is 384 g/mol. The number of amides is 2. The van der Waals surface area contributed by atoms with Gasteiger partial charge in [-0.1, -0.05) is 24.3 Å². The largest absolute Gasteiger partial charge is 0.496 e. The molecule has 7 heteroatoms. The number of benzene rings is 2. The summed E-state index contributed by atoms with van der Waals surface area (Å²) in [6.45, 7) is 0.767. The number of ether oxygens (including phenoxy) is 1. The Morgan fingerprint density at radius 1 is 1.11 bits per heavy atom. The van der Waals surface area contributed by atoms with Crippen molar-refractivity contribution in [1.82, 2.24) is 9.80 Å². The van der Waals surface area contributed by atoms with E-state index in [9.17, 15) is 14.4 Å². The Bertz CT molecular complexity index is 903. The first-order valence-electron chi connectivity index (χ1n) is 9.24. The molecular weight excluding hydrogens is 360 g/mol. The molecule has 3 rings (SSSR count). The van der Waals surface area contributed by atoms with Crippen molar-refractivity contribution >= 4 is 28.6 Å². The van der Waals surface area contributed by atoms with Gasteiger partial charge in [-0.25, -0.2) is 0 Å². The fourth-order valence-corrected chi connectivity index (χ4v) is 3.59. The van der Waals surface area contributed by atoms with Crippen LogP contribution in [0.25, 0.3) is 10.8 Å². The number of nitrogens with zero attached hydrogens (tertiary/aromatic N) is 2. The predicted molar refractivity (Wildman–Crippen MR) is 104 cm³/mol. The number of methoxy groups -OCH3 is 1. The second-order valence-electron chi connectivity index (χ2n) is 7.02. The summed E-state index contributed by atoms with van der Waals surface area (Å²) in [6.07, 6.45) is 0.893. The minimum atomic E-state index is -0.814. The number of fused-ring (bicyclic) bond motifs is 1.